The van der Waals surface area contributed by atoms with Crippen LogP contribution in [0.25, 0.3) is 0 Å². The van der Waals surface area contributed by atoms with Crippen LogP contribution < -0.4 is 4.72 Å². The van der Waals surface area contributed by atoms with E-state index in [9.17, 15) is 13.2 Å². The molecule has 1 unspecified atom stereocenters. The largest absolute Gasteiger partial charge is 0.477 e. The van der Waals surface area contributed by atoms with Crippen LogP contribution in [-0.2, 0) is 10.0 Å². The zero-order valence-electron chi connectivity index (χ0n) is 12.3. The van der Waals surface area contributed by atoms with Crippen LogP contribution in [0.5, 0.6) is 0 Å². The fourth-order valence-corrected chi connectivity index (χ4v) is 4.43. The Balaban J connectivity index is 2.11. The molecule has 0 fully saturated rings. The van der Waals surface area contributed by atoms with Gasteiger partial charge in [-0.3, -0.25) is 0 Å². The molecule has 0 aliphatic carbocycles. The van der Waals surface area contributed by atoms with Gasteiger partial charge in [0.25, 0.3) is 0 Å². The molecule has 0 saturated heterocycles. The highest BCUT2D eigenvalue weighted by Gasteiger charge is 2.22. The normalized spacial score (nSPS) is 13.2. The van der Waals surface area contributed by atoms with Crippen molar-refractivity contribution in [3.05, 3.63) is 33.3 Å². The maximum Gasteiger partial charge on any atom is 0.345 e. The minimum atomic E-state index is -3.74. The van der Waals surface area contributed by atoms with Crippen molar-refractivity contribution in [2.75, 3.05) is 6.54 Å². The van der Waals surface area contributed by atoms with E-state index in [-0.39, 0.29) is 22.2 Å². The van der Waals surface area contributed by atoms with Gasteiger partial charge in [-0.15, -0.1) is 11.3 Å². The van der Waals surface area contributed by atoms with E-state index in [1.807, 2.05) is 6.92 Å². The van der Waals surface area contributed by atoms with Crippen molar-refractivity contribution in [1.82, 2.24) is 9.88 Å². The number of nitrogens with zero attached hydrogens (tertiary/aromatic N) is 1. The van der Waals surface area contributed by atoms with Crippen molar-refractivity contribution in [2.24, 2.45) is 0 Å². The molecule has 0 aromatic carbocycles. The number of hydrogen-bond donors (Lipinski definition) is 2. The van der Waals surface area contributed by atoms with Gasteiger partial charge in [-0.05, 0) is 25.8 Å². The van der Waals surface area contributed by atoms with Gasteiger partial charge in [0.2, 0.25) is 10.0 Å². The molecule has 0 bridgehead atoms. The maximum atomic E-state index is 12.2. The summed E-state index contributed by atoms with van der Waals surface area (Å²) in [5.74, 6) is -0.595. The molecule has 2 aromatic heterocycles. The summed E-state index contributed by atoms with van der Waals surface area (Å²) in [6.07, 6.45) is 0. The average molecular weight is 344 g/mol. The molecule has 2 heterocycles. The first-order valence-electron chi connectivity index (χ1n) is 6.46. The number of carboxylic acids is 1. The highest BCUT2D eigenvalue weighted by Crippen LogP contribution is 2.24. The van der Waals surface area contributed by atoms with Crippen LogP contribution in [0.3, 0.4) is 0 Å². The molecule has 1 atom stereocenters. The highest BCUT2D eigenvalue weighted by atomic mass is 32.2. The zero-order chi connectivity index (χ0) is 16.5. The van der Waals surface area contributed by atoms with Gasteiger partial charge in [-0.2, -0.15) is 0 Å². The topological polar surface area (TPSA) is 110 Å². The number of carboxylic acid groups (broad SMARTS) is 1. The summed E-state index contributed by atoms with van der Waals surface area (Å²) in [4.78, 5) is 10.8. The molecular formula is C13H16N2O5S2. The standard InChI is InChI=1S/C13H16N2O5S2/c1-7(12-8(2)15-20-9(12)3)5-14-22(18,19)10-4-11(13(16)17)21-6-10/h4,6-7,14H,5H2,1-3H3,(H,16,17). The third-order valence-corrected chi connectivity index (χ3v) is 5.73. The Bertz CT molecular complexity index is 772. The second kappa shape index (κ2) is 6.19. The average Bonchev–Trinajstić information content (AvgIpc) is 3.04. The number of carbonyl (C=O) groups is 1. The van der Waals surface area contributed by atoms with E-state index in [1.54, 1.807) is 13.8 Å². The molecule has 2 aromatic rings. The van der Waals surface area contributed by atoms with Crippen molar-refractivity contribution in [1.29, 1.82) is 0 Å². The van der Waals surface area contributed by atoms with E-state index >= 15 is 0 Å². The van der Waals surface area contributed by atoms with Crippen LogP contribution >= 0.6 is 11.3 Å². The monoisotopic (exact) mass is 344 g/mol. The minimum absolute atomic E-state index is 0.0147. The van der Waals surface area contributed by atoms with Gasteiger partial charge in [0.15, 0.2) is 0 Å². The number of aromatic nitrogens is 1. The molecule has 22 heavy (non-hydrogen) atoms. The van der Waals surface area contributed by atoms with Gasteiger partial charge < -0.3 is 9.63 Å². The lowest BCUT2D eigenvalue weighted by Crippen LogP contribution is -2.27. The van der Waals surface area contributed by atoms with Crippen LogP contribution in [0.2, 0.25) is 0 Å². The first-order valence-corrected chi connectivity index (χ1v) is 8.83. The van der Waals surface area contributed by atoms with Crippen molar-refractivity contribution < 1.29 is 22.8 Å². The lowest BCUT2D eigenvalue weighted by molar-refractivity contribution is 0.0702. The van der Waals surface area contributed by atoms with E-state index in [4.69, 9.17) is 9.63 Å². The number of aromatic carboxylic acids is 1. The molecule has 2 N–H and O–H groups in total. The smallest absolute Gasteiger partial charge is 0.345 e. The summed E-state index contributed by atoms with van der Waals surface area (Å²) in [5.41, 5.74) is 1.60. The fraction of sp³-hybridized carbons (Fsp3) is 0.385. The van der Waals surface area contributed by atoms with Gasteiger partial charge in [0.05, 0.1) is 10.6 Å². The SMILES string of the molecule is Cc1noc(C)c1C(C)CNS(=O)(=O)c1csc(C(=O)O)c1. The fourth-order valence-electron chi connectivity index (χ4n) is 2.19. The quantitative estimate of drug-likeness (QED) is 0.831. The highest BCUT2D eigenvalue weighted by molar-refractivity contribution is 7.89. The van der Waals surface area contributed by atoms with E-state index in [0.29, 0.717) is 5.76 Å². The molecule has 0 aliphatic heterocycles. The molecule has 7 nitrogen and oxygen atoms in total. The van der Waals surface area contributed by atoms with E-state index in [2.05, 4.69) is 9.88 Å². The molecule has 2 rings (SSSR count). The molecule has 9 heteroatoms. The van der Waals surface area contributed by atoms with Gasteiger partial charge in [-0.1, -0.05) is 12.1 Å². The summed E-state index contributed by atoms with van der Waals surface area (Å²) < 4.78 is 31.9. The van der Waals surface area contributed by atoms with Gasteiger partial charge in [0.1, 0.15) is 10.6 Å². The Morgan fingerprint density at radius 1 is 1.50 bits per heavy atom. The van der Waals surface area contributed by atoms with E-state index < -0.39 is 16.0 Å². The van der Waals surface area contributed by atoms with Gasteiger partial charge in [0, 0.05) is 17.5 Å². The lowest BCUT2D eigenvalue weighted by Gasteiger charge is -2.12. The van der Waals surface area contributed by atoms with E-state index in [0.717, 1.165) is 28.7 Å². The van der Waals surface area contributed by atoms with E-state index in [1.165, 1.54) is 5.38 Å². The van der Waals surface area contributed by atoms with Crippen molar-refractivity contribution in [3.8, 4) is 0 Å². The van der Waals surface area contributed by atoms with Crippen LogP contribution in [-0.4, -0.2) is 31.2 Å². The van der Waals surface area contributed by atoms with Crippen LogP contribution in [0.1, 0.15) is 39.5 Å². The number of nitrogens with one attached hydrogen (secondary N) is 1. The Morgan fingerprint density at radius 2 is 2.18 bits per heavy atom. The van der Waals surface area contributed by atoms with Crippen molar-refractivity contribution >= 4 is 27.3 Å². The maximum absolute atomic E-state index is 12.2. The summed E-state index contributed by atoms with van der Waals surface area (Å²) in [6, 6.07) is 1.15. The third kappa shape index (κ3) is 3.37. The Labute approximate surface area is 132 Å². The van der Waals surface area contributed by atoms with Crippen molar-refractivity contribution in [3.63, 3.8) is 0 Å². The summed E-state index contributed by atoms with van der Waals surface area (Å²) in [5, 5.41) is 14.0. The first-order chi connectivity index (χ1) is 10.2. The lowest BCUT2D eigenvalue weighted by atomic mass is 10.0. The second-order valence-electron chi connectivity index (χ2n) is 4.94. The Kier molecular flexibility index (Phi) is 4.69. The first kappa shape index (κ1) is 16.7. The minimum Gasteiger partial charge on any atom is -0.477 e. The molecule has 0 aliphatic rings. The molecule has 0 spiro atoms. The predicted octanol–water partition coefficient (Wildman–Crippen LogP) is 2.13. The predicted molar refractivity (Wildman–Crippen MR) is 80.9 cm³/mol. The Morgan fingerprint density at radius 3 is 2.68 bits per heavy atom. The second-order valence-corrected chi connectivity index (χ2v) is 7.62. The third-order valence-electron chi connectivity index (χ3n) is 3.26. The van der Waals surface area contributed by atoms with Crippen LogP contribution in [0.15, 0.2) is 20.9 Å². The number of sulfonamides is 1. The zero-order valence-corrected chi connectivity index (χ0v) is 13.9. The van der Waals surface area contributed by atoms with Gasteiger partial charge in [-0.25, -0.2) is 17.9 Å². The number of aryl methyl sites for hydroxylation is 2. The summed E-state index contributed by atoms with van der Waals surface area (Å²) in [6.45, 7) is 5.61. The molecule has 120 valence electrons. The van der Waals surface area contributed by atoms with Crippen molar-refractivity contribution in [2.45, 2.75) is 31.6 Å². The Hall–Kier alpha value is -1.71. The van der Waals surface area contributed by atoms with Crippen LogP contribution in [0, 0.1) is 13.8 Å². The summed E-state index contributed by atoms with van der Waals surface area (Å²) in [7, 11) is -3.74. The molecular weight excluding hydrogens is 328 g/mol. The molecule has 0 amide bonds. The van der Waals surface area contributed by atoms with Gasteiger partial charge >= 0.3 is 5.97 Å². The number of thiophene rings is 1. The van der Waals surface area contributed by atoms with Crippen LogP contribution in [0.4, 0.5) is 0 Å². The summed E-state index contributed by atoms with van der Waals surface area (Å²) >= 11 is 0.878. The molecule has 0 saturated carbocycles. The number of rotatable bonds is 6. The number of hydrogen-bond acceptors (Lipinski definition) is 6. The molecule has 0 radical (unpaired) electrons.